The van der Waals surface area contributed by atoms with Gasteiger partial charge in [-0.1, -0.05) is 218 Å². The van der Waals surface area contributed by atoms with Gasteiger partial charge >= 0.3 is 0 Å². The molecule has 0 fully saturated rings. The van der Waals surface area contributed by atoms with E-state index in [2.05, 4.69) is 209 Å². The number of nitriles is 1. The summed E-state index contributed by atoms with van der Waals surface area (Å²) in [6.45, 7) is 0. The average molecular weight is 1060 g/mol. The maximum atomic E-state index is 12.0. The van der Waals surface area contributed by atoms with Gasteiger partial charge in [0.05, 0.1) is 44.4 Å². The smallest absolute Gasteiger partial charge is 0.167 e. The van der Waals surface area contributed by atoms with Crippen molar-refractivity contribution in [2.45, 2.75) is 0 Å². The number of fused-ring (bicyclic) bond motifs is 9. The molecule has 0 radical (unpaired) electrons. The molecule has 386 valence electrons. The van der Waals surface area contributed by atoms with E-state index in [1.54, 1.807) is 0 Å². The van der Waals surface area contributed by atoms with Crippen molar-refractivity contribution < 1.29 is 4.42 Å². The minimum Gasteiger partial charge on any atom is -0.454 e. The SMILES string of the molecule is N#Cc1c(-n2c3ccc(-c4ccccc4)cc3c3cc(-c4ccccc4)ccc32)cc(-n2c3ccc(-c4ccccc4)cc3c3cc(-c4ccccc4)ccc32)c2c1oc1c(-c3nc(-c4ccccc4)nc(-c4ccccc4)n3)cccc12. The summed E-state index contributed by atoms with van der Waals surface area (Å²) in [6, 6.07) is 100. The number of aromatic nitrogens is 5. The minimum atomic E-state index is 0.396. The lowest BCUT2D eigenvalue weighted by atomic mass is 10.0. The molecule has 16 rings (SSSR count). The molecule has 4 heterocycles. The van der Waals surface area contributed by atoms with Crippen molar-refractivity contribution in [3.63, 3.8) is 0 Å². The molecule has 12 aromatic carbocycles. The van der Waals surface area contributed by atoms with Crippen LogP contribution in [0.15, 0.2) is 283 Å². The Labute approximate surface area is 477 Å². The van der Waals surface area contributed by atoms with Gasteiger partial charge in [0.1, 0.15) is 17.2 Å². The van der Waals surface area contributed by atoms with Crippen LogP contribution >= 0.6 is 0 Å². The van der Waals surface area contributed by atoms with Gasteiger partial charge in [-0.15, -0.1) is 0 Å². The standard InChI is InChI=1S/C76H46N6O/c77-47-64-69(81-65-38-34-54(48-20-7-1-8-21-48)42-60(65)61-43-55(35-39-66(61)81)49-22-9-2-10-23-49)46-70(82-67-40-36-56(50-24-11-3-12-25-50)44-62(67)63-45-57(37-41-68(63)82)51-26-13-4-14-27-51)71-58-32-19-33-59(72(58)83-73(64)71)76-79-74(52-28-15-5-16-29-52)78-75(80-76)53-30-17-6-18-31-53/h1-46H. The van der Waals surface area contributed by atoms with Crippen LogP contribution in [-0.4, -0.2) is 24.1 Å². The first kappa shape index (κ1) is 47.5. The Morgan fingerprint density at radius 2 is 0.639 bits per heavy atom. The number of hydrogen-bond acceptors (Lipinski definition) is 5. The molecule has 0 bridgehead atoms. The van der Waals surface area contributed by atoms with Gasteiger partial charge in [0, 0.05) is 38.1 Å². The topological polar surface area (TPSA) is 85.5 Å². The highest BCUT2D eigenvalue weighted by Gasteiger charge is 2.28. The second-order valence-corrected chi connectivity index (χ2v) is 21.0. The molecule has 0 atom stereocenters. The van der Waals surface area contributed by atoms with Crippen LogP contribution in [0.25, 0.3) is 156 Å². The summed E-state index contributed by atoms with van der Waals surface area (Å²) in [5, 5.41) is 17.9. The van der Waals surface area contributed by atoms with Gasteiger partial charge in [0.15, 0.2) is 23.1 Å². The lowest BCUT2D eigenvalue weighted by Crippen LogP contribution is -2.03. The van der Waals surface area contributed by atoms with Crippen molar-refractivity contribution >= 4 is 65.6 Å². The Kier molecular flexibility index (Phi) is 11.1. The maximum Gasteiger partial charge on any atom is 0.167 e. The number of para-hydroxylation sites is 1. The summed E-state index contributed by atoms with van der Waals surface area (Å²) >= 11 is 0. The fraction of sp³-hybridized carbons (Fsp3) is 0. The van der Waals surface area contributed by atoms with Gasteiger partial charge in [-0.3, -0.25) is 0 Å². The zero-order valence-corrected chi connectivity index (χ0v) is 44.6. The van der Waals surface area contributed by atoms with Crippen LogP contribution in [0.1, 0.15) is 5.56 Å². The molecule has 4 aromatic heterocycles. The Bertz CT molecular complexity index is 4990. The van der Waals surface area contributed by atoms with Gasteiger partial charge < -0.3 is 13.6 Å². The van der Waals surface area contributed by atoms with Crippen LogP contribution in [0.4, 0.5) is 0 Å². The predicted octanol–water partition coefficient (Wildman–Crippen LogP) is 19.5. The highest BCUT2D eigenvalue weighted by atomic mass is 16.3. The second-order valence-electron chi connectivity index (χ2n) is 21.0. The predicted molar refractivity (Wildman–Crippen MR) is 339 cm³/mol. The summed E-state index contributed by atoms with van der Waals surface area (Å²) in [7, 11) is 0. The van der Waals surface area contributed by atoms with Crippen LogP contribution in [-0.2, 0) is 0 Å². The molecule has 0 saturated carbocycles. The van der Waals surface area contributed by atoms with Crippen LogP contribution in [0.5, 0.6) is 0 Å². The lowest BCUT2D eigenvalue weighted by Gasteiger charge is -2.16. The van der Waals surface area contributed by atoms with E-state index < -0.39 is 0 Å². The normalized spacial score (nSPS) is 11.6. The van der Waals surface area contributed by atoms with Crippen LogP contribution in [0.3, 0.4) is 0 Å². The number of rotatable bonds is 9. The Morgan fingerprint density at radius 3 is 1.01 bits per heavy atom. The zero-order chi connectivity index (χ0) is 55.0. The van der Waals surface area contributed by atoms with Gasteiger partial charge in [-0.2, -0.15) is 5.26 Å². The van der Waals surface area contributed by atoms with E-state index in [1.165, 1.54) is 0 Å². The summed E-state index contributed by atoms with van der Waals surface area (Å²) in [5.41, 5.74) is 18.2. The monoisotopic (exact) mass is 1060 g/mol. The van der Waals surface area contributed by atoms with Gasteiger partial charge in [-0.05, 0) is 105 Å². The molecule has 0 N–H and O–H groups in total. The van der Waals surface area contributed by atoms with Gasteiger partial charge in [-0.25, -0.2) is 15.0 Å². The molecular formula is C76H46N6O. The minimum absolute atomic E-state index is 0.396. The first-order valence-corrected chi connectivity index (χ1v) is 27.8. The van der Waals surface area contributed by atoms with Crippen molar-refractivity contribution in [3.8, 4) is 96.1 Å². The molecule has 7 nitrogen and oxygen atoms in total. The molecule has 0 aliphatic rings. The number of hydrogen-bond donors (Lipinski definition) is 0. The Balaban J connectivity index is 1.04. The van der Waals surface area contributed by atoms with Gasteiger partial charge in [0.2, 0.25) is 0 Å². The first-order chi connectivity index (χ1) is 41.1. The number of benzene rings is 12. The molecule has 0 amide bonds. The van der Waals surface area contributed by atoms with Crippen LogP contribution < -0.4 is 0 Å². The van der Waals surface area contributed by atoms with E-state index in [4.69, 9.17) is 19.4 Å². The molecule has 0 aliphatic carbocycles. The Hall–Kier alpha value is -11.5. The van der Waals surface area contributed by atoms with Crippen LogP contribution in [0, 0.1) is 11.3 Å². The molecule has 7 heteroatoms. The average Bonchev–Trinajstić information content (AvgIpc) is 2.16. The quantitative estimate of drug-likeness (QED) is 0.144. The van der Waals surface area contributed by atoms with E-state index >= 15 is 0 Å². The second kappa shape index (κ2) is 19.4. The fourth-order valence-corrected chi connectivity index (χ4v) is 12.3. The third kappa shape index (κ3) is 7.92. The molecule has 83 heavy (non-hydrogen) atoms. The highest BCUT2D eigenvalue weighted by molar-refractivity contribution is 6.19. The molecule has 0 spiro atoms. The van der Waals surface area contributed by atoms with E-state index in [-0.39, 0.29) is 0 Å². The molecule has 0 unspecified atom stereocenters. The fourth-order valence-electron chi connectivity index (χ4n) is 12.3. The van der Waals surface area contributed by atoms with Gasteiger partial charge in [0.25, 0.3) is 0 Å². The summed E-state index contributed by atoms with van der Waals surface area (Å²) in [4.78, 5) is 15.5. The van der Waals surface area contributed by atoms with Crippen molar-refractivity contribution in [1.82, 2.24) is 24.1 Å². The van der Waals surface area contributed by atoms with Crippen molar-refractivity contribution in [2.24, 2.45) is 0 Å². The van der Waals surface area contributed by atoms with Crippen molar-refractivity contribution in [1.29, 1.82) is 5.26 Å². The van der Waals surface area contributed by atoms with Crippen molar-refractivity contribution in [2.75, 3.05) is 0 Å². The molecule has 0 aliphatic heterocycles. The zero-order valence-electron chi connectivity index (χ0n) is 44.6. The third-order valence-corrected chi connectivity index (χ3v) is 16.2. The van der Waals surface area contributed by atoms with E-state index in [0.717, 1.165) is 116 Å². The van der Waals surface area contributed by atoms with E-state index in [9.17, 15) is 5.26 Å². The third-order valence-electron chi connectivity index (χ3n) is 16.2. The van der Waals surface area contributed by atoms with E-state index in [1.807, 2.05) is 84.9 Å². The summed E-state index contributed by atoms with van der Waals surface area (Å²) in [6.07, 6.45) is 0. The van der Waals surface area contributed by atoms with E-state index in [0.29, 0.717) is 45.5 Å². The largest absolute Gasteiger partial charge is 0.454 e. The summed E-state index contributed by atoms with van der Waals surface area (Å²) < 4.78 is 12.1. The first-order valence-electron chi connectivity index (χ1n) is 27.8. The van der Waals surface area contributed by atoms with Crippen LogP contribution in [0.2, 0.25) is 0 Å². The molecule has 16 aromatic rings. The Morgan fingerprint density at radius 1 is 0.289 bits per heavy atom. The lowest BCUT2D eigenvalue weighted by molar-refractivity contribution is 0.667. The number of furan rings is 1. The molecular weight excluding hydrogens is 1010 g/mol. The molecule has 0 saturated heterocycles. The maximum absolute atomic E-state index is 12.0. The summed E-state index contributed by atoms with van der Waals surface area (Å²) in [5.74, 6) is 1.53. The highest BCUT2D eigenvalue weighted by Crippen LogP contribution is 2.47. The van der Waals surface area contributed by atoms with Crippen molar-refractivity contribution in [3.05, 3.63) is 285 Å². The number of nitrogens with zero attached hydrogens (tertiary/aromatic N) is 6.